The summed E-state index contributed by atoms with van der Waals surface area (Å²) in [7, 11) is 5.11. The summed E-state index contributed by atoms with van der Waals surface area (Å²) in [6.45, 7) is 35.6. The van der Waals surface area contributed by atoms with Crippen LogP contribution in [-0.2, 0) is 87.7 Å². The Labute approximate surface area is 656 Å². The van der Waals surface area contributed by atoms with Crippen LogP contribution in [-0.4, -0.2) is 290 Å². The summed E-state index contributed by atoms with van der Waals surface area (Å²) in [6.07, 6.45) is 25.9. The number of carbonyl (C=O) groups is 11. The first-order chi connectivity index (χ1) is 51.9. The van der Waals surface area contributed by atoms with Gasteiger partial charge in [-0.3, -0.25) is 48.3 Å². The molecule has 8 amide bonds. The molecule has 0 aromatic carbocycles. The van der Waals surface area contributed by atoms with Gasteiger partial charge in [0, 0.05) is 199 Å². The number of nitrogens with zero attached hydrogens (tertiary/aromatic N) is 9. The molecule has 628 valence electrons. The number of nitrogens with one attached hydrogen (secondary N) is 1. The molecule has 2 N–H and O–H groups in total. The topological polar surface area (TPSA) is 323 Å². The van der Waals surface area contributed by atoms with E-state index in [1.54, 1.807) is 97.6 Å². The molecule has 5 atom stereocenters. The van der Waals surface area contributed by atoms with Crippen LogP contribution in [0.1, 0.15) is 225 Å². The molecule has 11 heterocycles. The predicted molar refractivity (Wildman–Crippen MR) is 421 cm³/mol. The third kappa shape index (κ3) is 49.4. The van der Waals surface area contributed by atoms with Crippen molar-refractivity contribution in [3.8, 4) is 0 Å². The fraction of sp³-hybridized carbons (Fsp3) is 0.765. The number of halogens is 1. The molecule has 11 rings (SSSR count). The molecule has 0 bridgehead atoms. The first-order valence-electron chi connectivity index (χ1n) is 39.4. The molecular formula is C81H139FN10O18. The average molecular weight is 1560 g/mol. The van der Waals surface area contributed by atoms with Crippen molar-refractivity contribution in [2.45, 2.75) is 267 Å². The number of ether oxygens (including phenoxy) is 6. The third-order valence-corrected chi connectivity index (χ3v) is 19.3. The second kappa shape index (κ2) is 57.1. The summed E-state index contributed by atoms with van der Waals surface area (Å²) < 4.78 is 44.0. The number of hydrogen-bond donors (Lipinski definition) is 2. The van der Waals surface area contributed by atoms with E-state index >= 15 is 0 Å². The highest BCUT2D eigenvalue weighted by Crippen LogP contribution is 2.25. The van der Waals surface area contributed by atoms with E-state index in [9.17, 15) is 62.2 Å². The number of aliphatic hydroxyl groups is 1. The van der Waals surface area contributed by atoms with E-state index in [1.165, 1.54) is 84.5 Å². The Balaban J connectivity index is 0.000000605. The van der Waals surface area contributed by atoms with E-state index in [4.69, 9.17) is 28.4 Å². The van der Waals surface area contributed by atoms with Gasteiger partial charge in [-0.1, -0.05) is 19.1 Å². The lowest BCUT2D eigenvalue weighted by molar-refractivity contribution is -0.166. The fourth-order valence-corrected chi connectivity index (χ4v) is 12.0. The number of allylic oxidation sites excluding steroid dienone is 2. The number of methoxy groups -OCH3 is 2. The minimum Gasteiger partial charge on any atom is -0.388 e. The van der Waals surface area contributed by atoms with Gasteiger partial charge in [0.15, 0.2) is 6.23 Å². The van der Waals surface area contributed by atoms with E-state index in [0.717, 1.165) is 128 Å². The first kappa shape index (κ1) is 101. The molecule has 0 aliphatic carbocycles. The minimum absolute atomic E-state index is 0.000463. The highest BCUT2D eigenvalue weighted by Gasteiger charge is 2.40. The second-order valence-corrected chi connectivity index (χ2v) is 29.9. The maximum atomic E-state index is 12.6. The molecule has 10 aliphatic heterocycles. The van der Waals surface area contributed by atoms with E-state index in [0.29, 0.717) is 89.4 Å². The van der Waals surface area contributed by atoms with Crippen LogP contribution in [0.4, 0.5) is 4.39 Å². The van der Waals surface area contributed by atoms with E-state index in [-0.39, 0.29) is 90.0 Å². The molecule has 0 saturated carbocycles. The van der Waals surface area contributed by atoms with Crippen LogP contribution in [0.25, 0.3) is 0 Å². The number of Topliss-reactive ketones (excluding diaryl/α,β-unsaturated/α-hetero) is 3. The Morgan fingerprint density at radius 2 is 1.10 bits per heavy atom. The quantitative estimate of drug-likeness (QED) is 0.176. The maximum absolute atomic E-state index is 12.6. The molecule has 1 aromatic rings. The maximum Gasteiger partial charge on any atom is 0.221 e. The lowest BCUT2D eigenvalue weighted by Crippen LogP contribution is -2.58. The number of β-amino-alcohol motifs (C(OH)–C–C–N with tert-alkyl or cyclic N) is 1. The van der Waals surface area contributed by atoms with Gasteiger partial charge in [-0.15, -0.1) is 0 Å². The Bertz CT molecular complexity index is 2900. The third-order valence-electron chi connectivity index (χ3n) is 19.3. The molecule has 5 unspecified atom stereocenters. The zero-order chi connectivity index (χ0) is 82.8. The summed E-state index contributed by atoms with van der Waals surface area (Å²) in [5.41, 5.74) is 0.176. The number of ketones is 3. The lowest BCUT2D eigenvalue weighted by Gasteiger charge is -2.41. The van der Waals surface area contributed by atoms with Gasteiger partial charge < -0.3 is 87.5 Å². The highest BCUT2D eigenvalue weighted by atomic mass is 19.1. The number of alkyl halides is 1. The van der Waals surface area contributed by atoms with Gasteiger partial charge in [0.1, 0.15) is 23.0 Å². The molecule has 9 saturated heterocycles. The second-order valence-electron chi connectivity index (χ2n) is 29.9. The number of piperidine rings is 2. The minimum atomic E-state index is -1.12. The van der Waals surface area contributed by atoms with Crippen LogP contribution >= 0.6 is 0 Å². The van der Waals surface area contributed by atoms with Gasteiger partial charge in [-0.05, 0) is 149 Å². The molecule has 29 heteroatoms. The summed E-state index contributed by atoms with van der Waals surface area (Å²) >= 11 is 0. The summed E-state index contributed by atoms with van der Waals surface area (Å²) in [5, 5.41) is 12.1. The Kier molecular flexibility index (Phi) is 52.4. The van der Waals surface area contributed by atoms with Crippen LogP contribution < -0.4 is 5.32 Å². The lowest BCUT2D eigenvalue weighted by atomic mass is 9.99. The van der Waals surface area contributed by atoms with Gasteiger partial charge in [0.25, 0.3) is 0 Å². The SMILES string of the molecule is CC(=O)CCC1=CCC=N1.CC(=O)CCC1CCCCO1.CC(=O)CCC1CCCO1.CC(=O)N(C)C1COCCO1.CC(=O)N1CC(C)(F)C1.CC(=O)N1CCC(C)(O)C1.CC(=O)N1CCC(C)C1.CC(=O)N1CCCCC1.CC(=O)NCc1ccccn1.COC1CCN(C(C)=O)CC1.COC1CN(C(C)=O)C1. The molecule has 0 spiro atoms. The summed E-state index contributed by atoms with van der Waals surface area (Å²) in [6, 6.07) is 5.61. The molecular weight excluding hydrogens is 1420 g/mol. The fourth-order valence-electron chi connectivity index (χ4n) is 12.0. The van der Waals surface area contributed by atoms with Gasteiger partial charge in [0.2, 0.25) is 47.3 Å². The van der Waals surface area contributed by atoms with E-state index in [1.807, 2.05) is 39.1 Å². The standard InChI is InChI=1S/C9H16O2.C8H10N2O.C8H15NO2.C8H11NO.C8H14O2.C7H13NO3.C7H13NO2.2C7H13NO.C6H10FNO.C6H11NO2/c1-8(10)5-6-9-4-2-3-7-11-9;1-7(11)10-6-8-4-2-3-5-9-8;1-7(10)9-5-3-8(11-2)4-6-9;1-7(10)4-5-8-3-2-6-9-8;1-7(9)4-5-8-3-2-6-10-8;1-6(9)8(2)7-5-10-3-4-11-7;1-6(9)8-4-3-7(2,10)5-8;1-6-3-4-8(5-6)7(2)9;1-7(9)8-5-3-2-4-6-8;1-5(9)8-3-6(2,7)4-8;1-5(8)7-3-6(4-7)9-2/h9H,2-7H2,1H3;2-5H,6H2,1H3,(H,10,11);8H,3-6H2,1-2H3;3,6H,2,4-5H2,1H3;8H,2-6H2,1H3;7H,3-5H2,1-2H3;10H,3-5H2,1-2H3;6H,3-5H2,1-2H3;2-6H2,1H3;3-4H2,1-2H3;6H,3-4H2,1-2H3. The van der Waals surface area contributed by atoms with Crippen LogP contribution in [0.2, 0.25) is 0 Å². The van der Waals surface area contributed by atoms with Crippen molar-refractivity contribution in [3.63, 3.8) is 0 Å². The monoisotopic (exact) mass is 1560 g/mol. The number of rotatable bonds is 14. The van der Waals surface area contributed by atoms with Crippen molar-refractivity contribution in [1.82, 2.24) is 44.6 Å². The van der Waals surface area contributed by atoms with Crippen molar-refractivity contribution in [3.05, 3.63) is 41.9 Å². The Hall–Kier alpha value is -7.02. The smallest absolute Gasteiger partial charge is 0.221 e. The molecule has 10 aliphatic rings. The molecule has 28 nitrogen and oxygen atoms in total. The van der Waals surface area contributed by atoms with Gasteiger partial charge in [0.05, 0.1) is 75.2 Å². The number of aliphatic imine (C=N–C) groups is 1. The number of carbonyl (C=O) groups excluding carboxylic acids is 11. The first-order valence-corrected chi connectivity index (χ1v) is 39.4. The molecule has 0 radical (unpaired) electrons. The highest BCUT2D eigenvalue weighted by molar-refractivity contribution is 5.78. The molecule has 110 heavy (non-hydrogen) atoms. The number of aromatic nitrogens is 1. The number of likely N-dealkylation sites (tertiary alicyclic amines) is 6. The zero-order valence-corrected chi connectivity index (χ0v) is 69.9. The van der Waals surface area contributed by atoms with Crippen LogP contribution in [0.3, 0.4) is 0 Å². The number of amides is 8. The van der Waals surface area contributed by atoms with Crippen molar-refractivity contribution in [1.29, 1.82) is 0 Å². The number of pyridine rings is 1. The zero-order valence-electron chi connectivity index (χ0n) is 69.9. The van der Waals surface area contributed by atoms with E-state index < -0.39 is 11.3 Å². The van der Waals surface area contributed by atoms with Crippen molar-refractivity contribution in [2.75, 3.05) is 133 Å². The Morgan fingerprint density at radius 3 is 1.45 bits per heavy atom. The Morgan fingerprint density at radius 1 is 0.573 bits per heavy atom. The van der Waals surface area contributed by atoms with Gasteiger partial charge in [-0.25, -0.2) is 4.39 Å². The number of hydrogen-bond acceptors (Lipinski definition) is 20. The normalized spacial score (nSPS) is 21.9. The van der Waals surface area contributed by atoms with Gasteiger partial charge >= 0.3 is 0 Å². The van der Waals surface area contributed by atoms with Crippen molar-refractivity contribution in [2.24, 2.45) is 10.9 Å². The van der Waals surface area contributed by atoms with E-state index in [2.05, 4.69) is 28.3 Å². The van der Waals surface area contributed by atoms with Crippen molar-refractivity contribution >= 4 is 70.8 Å². The molecule has 1 aromatic heterocycles. The largest absolute Gasteiger partial charge is 0.388 e. The molecule has 9 fully saturated rings. The average Bonchev–Trinajstić information content (AvgIpc) is 1.07. The van der Waals surface area contributed by atoms with Crippen molar-refractivity contribution < 1.29 is 90.7 Å². The van der Waals surface area contributed by atoms with Gasteiger partial charge in [-0.2, -0.15) is 0 Å². The predicted octanol–water partition coefficient (Wildman–Crippen LogP) is 8.70. The van der Waals surface area contributed by atoms with Crippen LogP contribution in [0.15, 0.2) is 41.2 Å². The summed E-state index contributed by atoms with van der Waals surface area (Å²) in [5.74, 6) is 2.27. The van der Waals surface area contributed by atoms with Crippen LogP contribution in [0.5, 0.6) is 0 Å². The number of likely N-dealkylation sites (N-methyl/N-ethyl adjacent to an activating group) is 1. The summed E-state index contributed by atoms with van der Waals surface area (Å²) in [4.78, 5) is 137. The van der Waals surface area contributed by atoms with Crippen LogP contribution in [0, 0.1) is 5.92 Å².